The summed E-state index contributed by atoms with van der Waals surface area (Å²) < 4.78 is 75.7. The number of furan rings is 3. The molecule has 6 heteroatoms. The van der Waals surface area contributed by atoms with Crippen LogP contribution in [0.25, 0.3) is 122 Å². The van der Waals surface area contributed by atoms with Crippen LogP contribution in [-0.2, 0) is 0 Å². The van der Waals surface area contributed by atoms with Gasteiger partial charge in [-0.25, -0.2) is 15.0 Å². The largest absolute Gasteiger partial charge is 0.456 e. The van der Waals surface area contributed by atoms with Crippen molar-refractivity contribution in [2.24, 2.45) is 0 Å². The van der Waals surface area contributed by atoms with Gasteiger partial charge in [-0.3, -0.25) is 0 Å². The highest BCUT2D eigenvalue weighted by molar-refractivity contribution is 6.19. The highest BCUT2D eigenvalue weighted by atomic mass is 16.3. The third-order valence-corrected chi connectivity index (χ3v) is 10.5. The Morgan fingerprint density at radius 1 is 0.351 bits per heavy atom. The van der Waals surface area contributed by atoms with Crippen LogP contribution >= 0.6 is 0 Å². The van der Waals surface area contributed by atoms with Gasteiger partial charge in [-0.15, -0.1) is 0 Å². The van der Waals surface area contributed by atoms with Crippen molar-refractivity contribution in [3.8, 4) is 56.4 Å². The minimum Gasteiger partial charge on any atom is -0.456 e. The molecule has 0 aliphatic carbocycles. The Bertz CT molecular complexity index is 3820. The van der Waals surface area contributed by atoms with Crippen molar-refractivity contribution < 1.29 is 21.5 Å². The Balaban J connectivity index is 1.20. The Morgan fingerprint density at radius 3 is 1.63 bits per heavy atom. The third kappa shape index (κ3) is 4.94. The van der Waals surface area contributed by atoms with Gasteiger partial charge in [0.1, 0.15) is 33.5 Å². The number of nitrogens with zero attached hydrogens (tertiary/aromatic N) is 3. The minimum absolute atomic E-state index is 0.0172. The quantitative estimate of drug-likeness (QED) is 0.175. The maximum Gasteiger partial charge on any atom is 0.167 e. The molecule has 57 heavy (non-hydrogen) atoms. The third-order valence-electron chi connectivity index (χ3n) is 10.5. The van der Waals surface area contributed by atoms with Crippen LogP contribution in [0, 0.1) is 0 Å². The van der Waals surface area contributed by atoms with E-state index in [1.165, 1.54) is 0 Å². The molecule has 0 radical (unpaired) electrons. The van der Waals surface area contributed by atoms with Crippen molar-refractivity contribution in [3.63, 3.8) is 0 Å². The SMILES string of the molecule is [2H]c1c([2H])c([2H])c2c(oc3c(-c4cc(-c5cccc6c5oc5ccccc56)cc5oc6ccccc6c45)c([2H])c([2H])c([2H])c32)c1-c1nc(-c2ccccc2)nc(-c2ccccc2)n1. The van der Waals surface area contributed by atoms with E-state index < -0.39 is 12.1 Å². The fourth-order valence-corrected chi connectivity index (χ4v) is 7.90. The molecule has 0 saturated carbocycles. The fraction of sp³-hybridized carbons (Fsp3) is 0. The highest BCUT2D eigenvalue weighted by Crippen LogP contribution is 2.46. The van der Waals surface area contributed by atoms with E-state index in [4.69, 9.17) is 29.6 Å². The first-order valence-corrected chi connectivity index (χ1v) is 18.4. The van der Waals surface area contributed by atoms with E-state index in [0.29, 0.717) is 56.0 Å². The lowest BCUT2D eigenvalue weighted by molar-refractivity contribution is 0.668. The van der Waals surface area contributed by atoms with Crippen LogP contribution in [0.5, 0.6) is 0 Å². The predicted molar refractivity (Wildman–Crippen MR) is 229 cm³/mol. The molecule has 12 aromatic rings. The molecule has 0 bridgehead atoms. The van der Waals surface area contributed by atoms with E-state index in [2.05, 4.69) is 0 Å². The van der Waals surface area contributed by atoms with Gasteiger partial charge in [0.15, 0.2) is 17.5 Å². The van der Waals surface area contributed by atoms with Gasteiger partial charge in [0.2, 0.25) is 0 Å². The zero-order valence-corrected chi connectivity index (χ0v) is 29.8. The van der Waals surface area contributed by atoms with Crippen LogP contribution in [0.3, 0.4) is 0 Å². The molecule has 0 saturated heterocycles. The lowest BCUT2D eigenvalue weighted by atomic mass is 9.93. The first-order valence-electron chi connectivity index (χ1n) is 21.4. The van der Waals surface area contributed by atoms with E-state index in [-0.39, 0.29) is 63.1 Å². The van der Waals surface area contributed by atoms with Gasteiger partial charge in [0.25, 0.3) is 0 Å². The summed E-state index contributed by atoms with van der Waals surface area (Å²) >= 11 is 0. The van der Waals surface area contributed by atoms with Crippen LogP contribution in [0.1, 0.15) is 8.22 Å². The molecule has 0 unspecified atom stereocenters. The number of hydrogen-bond acceptors (Lipinski definition) is 6. The van der Waals surface area contributed by atoms with Gasteiger partial charge in [0.05, 0.1) is 13.8 Å². The number of para-hydroxylation sites is 5. The summed E-state index contributed by atoms with van der Waals surface area (Å²) in [6.07, 6.45) is 0. The molecule has 4 aromatic heterocycles. The van der Waals surface area contributed by atoms with E-state index >= 15 is 0 Å². The van der Waals surface area contributed by atoms with Gasteiger partial charge in [-0.1, -0.05) is 145 Å². The van der Waals surface area contributed by atoms with Crippen LogP contribution in [0.15, 0.2) is 189 Å². The Hall–Kier alpha value is -7.83. The number of rotatable bonds is 5. The zero-order valence-electron chi connectivity index (χ0n) is 35.8. The van der Waals surface area contributed by atoms with E-state index in [1.807, 2.05) is 140 Å². The normalized spacial score (nSPS) is 13.3. The molecule has 0 aliphatic heterocycles. The molecule has 0 spiro atoms. The number of aromatic nitrogens is 3. The van der Waals surface area contributed by atoms with Gasteiger partial charge in [-0.2, -0.15) is 0 Å². The molecule has 12 rings (SSSR count). The first-order chi connectivity index (χ1) is 30.7. The second-order valence-corrected chi connectivity index (χ2v) is 13.8. The summed E-state index contributed by atoms with van der Waals surface area (Å²) in [4.78, 5) is 14.5. The summed E-state index contributed by atoms with van der Waals surface area (Å²) in [5, 5.41) is 3.42. The maximum atomic E-state index is 9.58. The number of benzene rings is 8. The van der Waals surface area contributed by atoms with Crippen molar-refractivity contribution in [3.05, 3.63) is 176 Å². The monoisotopic (exact) mass is 737 g/mol. The first kappa shape index (κ1) is 26.1. The average molecular weight is 738 g/mol. The topological polar surface area (TPSA) is 78.1 Å². The molecule has 4 heterocycles. The summed E-state index contributed by atoms with van der Waals surface area (Å²) in [6.45, 7) is 0. The Kier molecular flexibility index (Phi) is 5.64. The van der Waals surface area contributed by atoms with E-state index in [9.17, 15) is 6.85 Å². The molecule has 0 amide bonds. The van der Waals surface area contributed by atoms with Crippen LogP contribution in [-0.4, -0.2) is 15.0 Å². The van der Waals surface area contributed by atoms with Gasteiger partial charge < -0.3 is 13.3 Å². The van der Waals surface area contributed by atoms with Gasteiger partial charge in [-0.05, 0) is 41.4 Å². The van der Waals surface area contributed by atoms with Crippen molar-refractivity contribution in [2.45, 2.75) is 0 Å². The summed E-state index contributed by atoms with van der Waals surface area (Å²) in [6, 6.07) is 41.7. The van der Waals surface area contributed by atoms with Crippen molar-refractivity contribution >= 4 is 65.8 Å². The van der Waals surface area contributed by atoms with E-state index in [1.54, 1.807) is 0 Å². The Labute approximate surface area is 333 Å². The zero-order chi connectivity index (χ0) is 42.7. The van der Waals surface area contributed by atoms with Gasteiger partial charge in [0, 0.05) is 54.6 Å². The molecule has 0 fully saturated rings. The standard InChI is InChI=1S/C51H29N3O3/c1-3-14-30(15-4-1)49-52-50(31-16-5-2-6-17-31)54-51(53-49)40-25-13-23-37-36-22-12-24-38(47(36)57-48(37)40)41-28-32(29-44-45(41)39-19-8-10-27-43(39)55-44)33-20-11-21-35-34-18-7-9-26-42(34)56-46(33)35/h1-29H/i12D,13D,22D,23D,24D,25D. The van der Waals surface area contributed by atoms with Crippen LogP contribution < -0.4 is 0 Å². The summed E-state index contributed by atoms with van der Waals surface area (Å²) in [5.41, 5.74) is 6.11. The van der Waals surface area contributed by atoms with Crippen molar-refractivity contribution in [1.29, 1.82) is 0 Å². The van der Waals surface area contributed by atoms with Crippen LogP contribution in [0.4, 0.5) is 0 Å². The smallest absolute Gasteiger partial charge is 0.167 e. The average Bonchev–Trinajstić information content (AvgIpc) is 4.02. The minimum atomic E-state index is -0.435. The molecule has 0 N–H and O–H groups in total. The Morgan fingerprint density at radius 2 is 0.912 bits per heavy atom. The second kappa shape index (κ2) is 12.3. The van der Waals surface area contributed by atoms with E-state index in [0.717, 1.165) is 27.3 Å². The lowest BCUT2D eigenvalue weighted by Crippen LogP contribution is -2.00. The highest BCUT2D eigenvalue weighted by Gasteiger charge is 2.23. The van der Waals surface area contributed by atoms with Crippen molar-refractivity contribution in [2.75, 3.05) is 0 Å². The predicted octanol–water partition coefficient (Wildman–Crippen LogP) is 13.9. The van der Waals surface area contributed by atoms with Gasteiger partial charge >= 0.3 is 0 Å². The molecule has 0 aliphatic rings. The molecule has 266 valence electrons. The fourth-order valence-electron chi connectivity index (χ4n) is 7.90. The molecule has 0 atom stereocenters. The van der Waals surface area contributed by atoms with Crippen molar-refractivity contribution in [1.82, 2.24) is 15.0 Å². The number of fused-ring (bicyclic) bond motifs is 9. The maximum absolute atomic E-state index is 9.58. The second-order valence-electron chi connectivity index (χ2n) is 13.8. The molecule has 6 nitrogen and oxygen atoms in total. The molecule has 8 aromatic carbocycles. The molecular weight excluding hydrogens is 703 g/mol. The van der Waals surface area contributed by atoms with Crippen LogP contribution in [0.2, 0.25) is 0 Å². The number of hydrogen-bond donors (Lipinski definition) is 0. The lowest BCUT2D eigenvalue weighted by Gasteiger charge is -2.10. The summed E-state index contributed by atoms with van der Waals surface area (Å²) in [7, 11) is 0. The molecular formula is C51H29N3O3. The summed E-state index contributed by atoms with van der Waals surface area (Å²) in [5.74, 6) is 0.664.